The Morgan fingerprint density at radius 1 is 1.57 bits per heavy atom. The van der Waals surface area contributed by atoms with Crippen LogP contribution in [0.5, 0.6) is 5.75 Å². The smallest absolute Gasteiger partial charge is 0.120 e. The molecule has 0 aliphatic rings. The minimum Gasteiger partial charge on any atom is -0.497 e. The van der Waals surface area contributed by atoms with Crippen molar-refractivity contribution in [1.29, 1.82) is 0 Å². The van der Waals surface area contributed by atoms with Gasteiger partial charge in [-0.3, -0.25) is 0 Å². The van der Waals surface area contributed by atoms with Crippen LogP contribution in [0.4, 0.5) is 0 Å². The topological polar surface area (TPSA) is 55.5 Å². The Bertz CT molecular complexity index is 328. The molecule has 0 saturated carbocycles. The van der Waals surface area contributed by atoms with Crippen LogP contribution in [0.15, 0.2) is 16.6 Å². The van der Waals surface area contributed by atoms with Crippen molar-refractivity contribution in [2.24, 2.45) is 5.73 Å². The van der Waals surface area contributed by atoms with Crippen LogP contribution in [0.2, 0.25) is 0 Å². The third-order valence-corrected chi connectivity index (χ3v) is 3.00. The van der Waals surface area contributed by atoms with Gasteiger partial charge in [0.1, 0.15) is 5.75 Å². The second-order valence-electron chi connectivity index (χ2n) is 3.07. The second kappa shape index (κ2) is 4.77. The maximum atomic E-state index is 9.65. The van der Waals surface area contributed by atoms with Gasteiger partial charge in [-0.1, -0.05) is 15.9 Å². The van der Waals surface area contributed by atoms with Gasteiger partial charge in [-0.05, 0) is 30.2 Å². The number of halogens is 1. The fourth-order valence-corrected chi connectivity index (χ4v) is 1.72. The van der Waals surface area contributed by atoms with Crippen molar-refractivity contribution < 1.29 is 9.84 Å². The first-order valence-electron chi connectivity index (χ1n) is 4.32. The average Bonchev–Trinajstić information content (AvgIpc) is 2.20. The van der Waals surface area contributed by atoms with Gasteiger partial charge in [0.2, 0.25) is 0 Å². The van der Waals surface area contributed by atoms with Crippen molar-refractivity contribution in [2.75, 3.05) is 13.7 Å². The zero-order valence-electron chi connectivity index (χ0n) is 8.25. The molecule has 0 radical (unpaired) electrons. The molecule has 78 valence electrons. The van der Waals surface area contributed by atoms with Gasteiger partial charge >= 0.3 is 0 Å². The summed E-state index contributed by atoms with van der Waals surface area (Å²) >= 11 is 3.40. The lowest BCUT2D eigenvalue weighted by molar-refractivity contribution is 0.185. The second-order valence-corrected chi connectivity index (χ2v) is 3.93. The summed E-state index contributed by atoms with van der Waals surface area (Å²) in [7, 11) is 1.59. The number of benzene rings is 1. The maximum absolute atomic E-state index is 9.65. The van der Waals surface area contributed by atoms with E-state index in [0.29, 0.717) is 5.75 Å². The Labute approximate surface area is 92.0 Å². The third-order valence-electron chi connectivity index (χ3n) is 2.18. The molecule has 1 aromatic rings. The molecule has 0 amide bonds. The first-order chi connectivity index (χ1) is 6.60. The average molecular weight is 260 g/mol. The van der Waals surface area contributed by atoms with E-state index in [0.717, 1.165) is 15.6 Å². The summed E-state index contributed by atoms with van der Waals surface area (Å²) in [6.45, 7) is 2.14. The Hall–Kier alpha value is -0.580. The lowest BCUT2D eigenvalue weighted by atomic mass is 10.0. The lowest BCUT2D eigenvalue weighted by Crippen LogP contribution is -2.13. The summed E-state index contributed by atoms with van der Waals surface area (Å²) in [4.78, 5) is 0. The summed E-state index contributed by atoms with van der Waals surface area (Å²) < 4.78 is 6.02. The standard InChI is InChI=1S/C10H14BrNO2/c1-6-8(10(13)5-12)3-7(14-2)4-9(6)11/h3-4,10,13H,5,12H2,1-2H3. The number of rotatable bonds is 3. The van der Waals surface area contributed by atoms with Gasteiger partial charge in [0.05, 0.1) is 13.2 Å². The van der Waals surface area contributed by atoms with Crippen LogP contribution in [0.25, 0.3) is 0 Å². The Morgan fingerprint density at radius 3 is 2.71 bits per heavy atom. The van der Waals surface area contributed by atoms with Crippen molar-refractivity contribution in [1.82, 2.24) is 0 Å². The van der Waals surface area contributed by atoms with E-state index in [1.165, 1.54) is 0 Å². The fraction of sp³-hybridized carbons (Fsp3) is 0.400. The van der Waals surface area contributed by atoms with Crippen LogP contribution >= 0.6 is 15.9 Å². The number of methoxy groups -OCH3 is 1. The Kier molecular flexibility index (Phi) is 3.92. The first-order valence-corrected chi connectivity index (χ1v) is 5.11. The minimum absolute atomic E-state index is 0.209. The first kappa shape index (κ1) is 11.5. The van der Waals surface area contributed by atoms with Gasteiger partial charge in [0, 0.05) is 11.0 Å². The van der Waals surface area contributed by atoms with Crippen molar-refractivity contribution in [3.05, 3.63) is 27.7 Å². The van der Waals surface area contributed by atoms with Gasteiger partial charge in [-0.2, -0.15) is 0 Å². The molecule has 0 spiro atoms. The SMILES string of the molecule is COc1cc(Br)c(C)c(C(O)CN)c1. The predicted octanol–water partition coefficient (Wildman–Crippen LogP) is 1.76. The lowest BCUT2D eigenvalue weighted by Gasteiger charge is -2.14. The molecule has 0 aliphatic carbocycles. The molecule has 1 aromatic carbocycles. The van der Waals surface area contributed by atoms with Crippen LogP contribution in [-0.2, 0) is 0 Å². The molecular formula is C10H14BrNO2. The summed E-state index contributed by atoms with van der Waals surface area (Å²) in [5.41, 5.74) is 7.20. The van der Waals surface area contributed by atoms with Gasteiger partial charge in [-0.15, -0.1) is 0 Å². The van der Waals surface area contributed by atoms with Gasteiger partial charge in [-0.25, -0.2) is 0 Å². The third kappa shape index (κ3) is 2.26. The highest BCUT2D eigenvalue weighted by molar-refractivity contribution is 9.10. The molecule has 1 unspecified atom stereocenters. The molecule has 0 saturated heterocycles. The van der Waals surface area contributed by atoms with Crippen LogP contribution < -0.4 is 10.5 Å². The maximum Gasteiger partial charge on any atom is 0.120 e. The van der Waals surface area contributed by atoms with Crippen LogP contribution in [0.3, 0.4) is 0 Å². The van der Waals surface area contributed by atoms with Crippen LogP contribution in [0, 0.1) is 6.92 Å². The highest BCUT2D eigenvalue weighted by Gasteiger charge is 2.12. The van der Waals surface area contributed by atoms with E-state index in [2.05, 4.69) is 15.9 Å². The van der Waals surface area contributed by atoms with Crippen molar-refractivity contribution >= 4 is 15.9 Å². The summed E-state index contributed by atoms with van der Waals surface area (Å²) in [5, 5.41) is 9.65. The Morgan fingerprint density at radius 2 is 2.21 bits per heavy atom. The van der Waals surface area contributed by atoms with E-state index in [4.69, 9.17) is 10.5 Å². The van der Waals surface area contributed by atoms with Crippen LogP contribution in [0.1, 0.15) is 17.2 Å². The number of hydrogen-bond donors (Lipinski definition) is 2. The summed E-state index contributed by atoms with van der Waals surface area (Å²) in [6.07, 6.45) is -0.638. The molecule has 0 aliphatic heterocycles. The highest BCUT2D eigenvalue weighted by atomic mass is 79.9. The summed E-state index contributed by atoms with van der Waals surface area (Å²) in [6, 6.07) is 3.67. The normalized spacial score (nSPS) is 12.6. The van der Waals surface area contributed by atoms with Gasteiger partial charge in [0.25, 0.3) is 0 Å². The quantitative estimate of drug-likeness (QED) is 0.870. The number of aliphatic hydroxyl groups excluding tert-OH is 1. The van der Waals surface area contributed by atoms with E-state index < -0.39 is 6.10 Å². The van der Waals surface area contributed by atoms with E-state index >= 15 is 0 Å². The van der Waals surface area contributed by atoms with Crippen LogP contribution in [-0.4, -0.2) is 18.8 Å². The molecule has 3 N–H and O–H groups in total. The largest absolute Gasteiger partial charge is 0.497 e. The number of ether oxygens (including phenoxy) is 1. The molecule has 3 nitrogen and oxygen atoms in total. The number of aliphatic hydroxyl groups is 1. The van der Waals surface area contributed by atoms with Gasteiger partial charge < -0.3 is 15.6 Å². The zero-order valence-corrected chi connectivity index (χ0v) is 9.84. The van der Waals surface area contributed by atoms with Crippen molar-refractivity contribution in [3.63, 3.8) is 0 Å². The molecule has 0 heterocycles. The molecule has 4 heteroatoms. The zero-order chi connectivity index (χ0) is 10.7. The monoisotopic (exact) mass is 259 g/mol. The molecule has 14 heavy (non-hydrogen) atoms. The van der Waals surface area contributed by atoms with E-state index in [-0.39, 0.29) is 6.54 Å². The van der Waals surface area contributed by atoms with E-state index in [9.17, 15) is 5.11 Å². The van der Waals surface area contributed by atoms with E-state index in [1.54, 1.807) is 13.2 Å². The fourth-order valence-electron chi connectivity index (χ4n) is 1.27. The predicted molar refractivity (Wildman–Crippen MR) is 59.4 cm³/mol. The minimum atomic E-state index is -0.638. The number of nitrogens with two attached hydrogens (primary N) is 1. The molecule has 0 fully saturated rings. The van der Waals surface area contributed by atoms with Crippen molar-refractivity contribution in [2.45, 2.75) is 13.0 Å². The van der Waals surface area contributed by atoms with E-state index in [1.807, 2.05) is 13.0 Å². The number of hydrogen-bond acceptors (Lipinski definition) is 3. The molecule has 1 atom stereocenters. The molecule has 0 bridgehead atoms. The van der Waals surface area contributed by atoms with Crippen molar-refractivity contribution in [3.8, 4) is 5.75 Å². The summed E-state index contributed by atoms with van der Waals surface area (Å²) in [5.74, 6) is 0.713. The molecular weight excluding hydrogens is 246 g/mol. The van der Waals surface area contributed by atoms with Gasteiger partial charge in [0.15, 0.2) is 0 Å². The Balaban J connectivity index is 3.20. The highest BCUT2D eigenvalue weighted by Crippen LogP contribution is 2.29. The molecule has 1 rings (SSSR count). The molecule has 0 aromatic heterocycles.